The molecule has 4 rings (SSSR count). The Morgan fingerprint density at radius 1 is 0.840 bits per heavy atom. The van der Waals surface area contributed by atoms with Gasteiger partial charge in [0.1, 0.15) is 12.4 Å². The van der Waals surface area contributed by atoms with E-state index < -0.39 is 0 Å². The lowest BCUT2D eigenvalue weighted by atomic mass is 9.96. The number of hydrogen-bond donors (Lipinski definition) is 0. The van der Waals surface area contributed by atoms with Gasteiger partial charge in [-0.1, -0.05) is 60.2 Å². The highest BCUT2D eigenvalue weighted by Crippen LogP contribution is 2.40. The Labute approximate surface area is 150 Å². The topological polar surface area (TPSA) is 7.12 Å². The van der Waals surface area contributed by atoms with Gasteiger partial charge in [0.15, 0.2) is 0 Å². The lowest BCUT2D eigenvalue weighted by Crippen LogP contribution is -2.33. The molecule has 2 heterocycles. The summed E-state index contributed by atoms with van der Waals surface area (Å²) >= 11 is 0. The van der Waals surface area contributed by atoms with Gasteiger partial charge in [0.2, 0.25) is 0 Å². The number of fused-ring (bicyclic) bond motifs is 1. The van der Waals surface area contributed by atoms with Crippen molar-refractivity contribution in [3.8, 4) is 0 Å². The molecule has 1 aromatic heterocycles. The molecule has 1 unspecified atom stereocenters. The maximum atomic E-state index is 2.43. The van der Waals surface area contributed by atoms with Crippen LogP contribution in [0.1, 0.15) is 39.6 Å². The van der Waals surface area contributed by atoms with Crippen molar-refractivity contribution in [3.63, 3.8) is 0 Å². The Kier molecular flexibility index (Phi) is 3.76. The van der Waals surface area contributed by atoms with Gasteiger partial charge in [-0.2, -0.15) is 0 Å². The summed E-state index contributed by atoms with van der Waals surface area (Å²) in [4.78, 5) is 2.43. The highest BCUT2D eigenvalue weighted by molar-refractivity contribution is 5.64. The number of pyridine rings is 1. The molecule has 2 heteroatoms. The van der Waals surface area contributed by atoms with Crippen molar-refractivity contribution in [1.82, 2.24) is 0 Å². The minimum Gasteiger partial charge on any atom is -0.341 e. The van der Waals surface area contributed by atoms with Crippen LogP contribution in [0.4, 0.5) is 5.69 Å². The summed E-state index contributed by atoms with van der Waals surface area (Å²) in [5.74, 6) is 0. The van der Waals surface area contributed by atoms with Gasteiger partial charge in [0.25, 0.3) is 0 Å². The normalized spacial score (nSPS) is 15.8. The molecule has 25 heavy (non-hydrogen) atoms. The van der Waals surface area contributed by atoms with Gasteiger partial charge in [0.05, 0.1) is 12.2 Å². The van der Waals surface area contributed by atoms with Gasteiger partial charge in [-0.15, -0.1) is 0 Å². The van der Waals surface area contributed by atoms with Crippen molar-refractivity contribution in [3.05, 3.63) is 101 Å². The molecule has 0 N–H and O–H groups in total. The Morgan fingerprint density at radius 3 is 2.24 bits per heavy atom. The van der Waals surface area contributed by atoms with E-state index >= 15 is 0 Å². The number of anilines is 1. The Hall–Kier alpha value is -2.74. The molecule has 2 nitrogen and oxygen atoms in total. The highest BCUT2D eigenvalue weighted by Gasteiger charge is 2.34. The van der Waals surface area contributed by atoms with Crippen LogP contribution in [0.3, 0.4) is 0 Å². The molecule has 0 saturated heterocycles. The van der Waals surface area contributed by atoms with Crippen LogP contribution in [0, 0.1) is 34.4 Å². The van der Waals surface area contributed by atoms with Gasteiger partial charge >= 0.3 is 0 Å². The van der Waals surface area contributed by atoms with Crippen LogP contribution in [-0.2, 0) is 0 Å². The number of nitrogens with zero attached hydrogens (tertiary/aromatic N) is 2. The first-order chi connectivity index (χ1) is 12.1. The maximum absolute atomic E-state index is 2.43. The summed E-state index contributed by atoms with van der Waals surface area (Å²) in [6, 6.07) is 19.9. The lowest BCUT2D eigenvalue weighted by molar-refractivity contribution is -0.630. The van der Waals surface area contributed by atoms with E-state index in [-0.39, 0.29) is 6.04 Å². The zero-order chi connectivity index (χ0) is 17.6. The van der Waals surface area contributed by atoms with Gasteiger partial charge in [-0.05, 0) is 49.9 Å². The lowest BCUT2D eigenvalue weighted by Gasteiger charge is -2.30. The summed E-state index contributed by atoms with van der Waals surface area (Å²) in [5.41, 5.74) is 9.25. The molecule has 0 saturated carbocycles. The summed E-state index contributed by atoms with van der Waals surface area (Å²) < 4.78 is 2.25. The first-order valence-corrected chi connectivity index (χ1v) is 8.83. The summed E-state index contributed by atoms with van der Waals surface area (Å²) in [6.45, 7) is 11.0. The first-order valence-electron chi connectivity index (χ1n) is 8.83. The zero-order valence-electron chi connectivity index (χ0n) is 15.3. The SMILES string of the molecule is Cc1cc(C)c(N2[CH-][n+]3ccccc3C2c2ccccc2C)c(C)c1. The van der Waals surface area contributed by atoms with Crippen molar-refractivity contribution in [2.45, 2.75) is 33.7 Å². The molecule has 0 amide bonds. The monoisotopic (exact) mass is 328 g/mol. The number of hydrogen-bond acceptors (Lipinski definition) is 1. The van der Waals surface area contributed by atoms with E-state index in [1.165, 1.54) is 39.2 Å². The fraction of sp³-hybridized carbons (Fsp3) is 0.217. The van der Waals surface area contributed by atoms with Gasteiger partial charge < -0.3 is 9.47 Å². The van der Waals surface area contributed by atoms with Crippen LogP contribution in [-0.4, -0.2) is 0 Å². The van der Waals surface area contributed by atoms with Gasteiger partial charge in [-0.25, -0.2) is 0 Å². The number of benzene rings is 2. The van der Waals surface area contributed by atoms with E-state index in [0.29, 0.717) is 0 Å². The van der Waals surface area contributed by atoms with Crippen molar-refractivity contribution in [2.75, 3.05) is 4.90 Å². The third kappa shape index (κ3) is 2.58. The minimum absolute atomic E-state index is 0.197. The standard InChI is InChI=1S/C23H24N2/c1-16-13-18(3)22(19(4)14-16)25-15-24-12-8-7-11-21(24)23(25)20-10-6-5-9-17(20)2/h5-15,23H,1-4H3. The third-order valence-electron chi connectivity index (χ3n) is 5.11. The second kappa shape index (κ2) is 5.96. The Morgan fingerprint density at radius 2 is 1.52 bits per heavy atom. The summed E-state index contributed by atoms with van der Waals surface area (Å²) in [5, 5.41) is 0. The van der Waals surface area contributed by atoms with Crippen LogP contribution in [0.2, 0.25) is 0 Å². The molecule has 0 aliphatic carbocycles. The van der Waals surface area contributed by atoms with E-state index in [1.807, 2.05) is 0 Å². The molecule has 1 aliphatic heterocycles. The number of aryl methyl sites for hydroxylation is 4. The third-order valence-corrected chi connectivity index (χ3v) is 5.11. The molecule has 2 aromatic carbocycles. The second-order valence-corrected chi connectivity index (χ2v) is 7.06. The second-order valence-electron chi connectivity index (χ2n) is 7.06. The van der Waals surface area contributed by atoms with Crippen LogP contribution in [0.25, 0.3) is 0 Å². The average Bonchev–Trinajstić information content (AvgIpc) is 2.93. The molecular formula is C23H24N2. The molecule has 1 aliphatic rings. The largest absolute Gasteiger partial charge is 0.341 e. The highest BCUT2D eigenvalue weighted by atomic mass is 15.3. The van der Waals surface area contributed by atoms with E-state index in [0.717, 1.165) is 0 Å². The molecule has 1 atom stereocenters. The van der Waals surface area contributed by atoms with Gasteiger partial charge in [-0.3, -0.25) is 0 Å². The van der Waals surface area contributed by atoms with Crippen molar-refractivity contribution < 1.29 is 4.57 Å². The number of aromatic nitrogens is 1. The molecule has 0 fully saturated rings. The summed E-state index contributed by atoms with van der Waals surface area (Å²) in [7, 11) is 0. The van der Waals surface area contributed by atoms with Crippen molar-refractivity contribution >= 4 is 5.69 Å². The van der Waals surface area contributed by atoms with Crippen molar-refractivity contribution in [2.24, 2.45) is 0 Å². The van der Waals surface area contributed by atoms with E-state index in [4.69, 9.17) is 0 Å². The quantitative estimate of drug-likeness (QED) is 0.485. The molecule has 126 valence electrons. The predicted molar refractivity (Wildman–Crippen MR) is 102 cm³/mol. The fourth-order valence-electron chi connectivity index (χ4n) is 4.12. The van der Waals surface area contributed by atoms with Crippen LogP contribution >= 0.6 is 0 Å². The molecule has 0 radical (unpaired) electrons. The molecular weight excluding hydrogens is 304 g/mol. The van der Waals surface area contributed by atoms with Crippen LogP contribution in [0.15, 0.2) is 60.8 Å². The van der Waals surface area contributed by atoms with Crippen molar-refractivity contribution in [1.29, 1.82) is 0 Å². The average molecular weight is 328 g/mol. The molecule has 3 aromatic rings. The zero-order valence-corrected chi connectivity index (χ0v) is 15.3. The Balaban J connectivity index is 1.93. The first kappa shape index (κ1) is 15.8. The van der Waals surface area contributed by atoms with E-state index in [9.17, 15) is 0 Å². The Bertz CT molecular complexity index is 919. The summed E-state index contributed by atoms with van der Waals surface area (Å²) in [6.07, 6.45) is 2.14. The molecule has 0 bridgehead atoms. The van der Waals surface area contributed by atoms with Gasteiger partial charge in [0, 0.05) is 5.69 Å². The van der Waals surface area contributed by atoms with Crippen LogP contribution in [0.5, 0.6) is 0 Å². The minimum atomic E-state index is 0.197. The smallest absolute Gasteiger partial charge is 0.145 e. The fourth-order valence-corrected chi connectivity index (χ4v) is 4.12. The number of rotatable bonds is 2. The predicted octanol–water partition coefficient (Wildman–Crippen LogP) is 4.78. The van der Waals surface area contributed by atoms with E-state index in [2.05, 4.69) is 105 Å². The molecule has 0 spiro atoms. The maximum Gasteiger partial charge on any atom is 0.145 e. The van der Waals surface area contributed by atoms with E-state index in [1.54, 1.807) is 0 Å². The van der Waals surface area contributed by atoms with Crippen LogP contribution < -0.4 is 9.47 Å².